The van der Waals surface area contributed by atoms with Crippen molar-refractivity contribution in [1.82, 2.24) is 25.3 Å². The molecule has 29 heavy (non-hydrogen) atoms. The number of nitrogens with one attached hydrogen (secondary N) is 2. The number of hydrogen-bond donors (Lipinski definition) is 3. The van der Waals surface area contributed by atoms with E-state index in [4.69, 9.17) is 9.47 Å². The second-order valence-corrected chi connectivity index (χ2v) is 8.65. The second-order valence-electron chi connectivity index (χ2n) is 8.65. The van der Waals surface area contributed by atoms with Crippen LogP contribution in [0.25, 0.3) is 0 Å². The Labute approximate surface area is 171 Å². The van der Waals surface area contributed by atoms with Gasteiger partial charge in [-0.15, -0.1) is 0 Å². The predicted octanol–water partition coefficient (Wildman–Crippen LogP) is -0.604. The van der Waals surface area contributed by atoms with E-state index in [1.54, 1.807) is 10.9 Å². The van der Waals surface area contributed by atoms with E-state index in [0.29, 0.717) is 25.6 Å². The molecule has 3 aliphatic heterocycles. The van der Waals surface area contributed by atoms with Crippen LogP contribution in [0.3, 0.4) is 0 Å². The number of likely N-dealkylation sites (tertiary alicyclic amines) is 1. The molecule has 9 nitrogen and oxygen atoms in total. The highest BCUT2D eigenvalue weighted by molar-refractivity contribution is 5.76. The lowest BCUT2D eigenvalue weighted by atomic mass is 10.0. The van der Waals surface area contributed by atoms with Crippen LogP contribution in [0.15, 0.2) is 12.4 Å². The molecule has 0 saturated carbocycles. The third-order valence-corrected chi connectivity index (χ3v) is 6.27. The highest BCUT2D eigenvalue weighted by Crippen LogP contribution is 2.35. The zero-order chi connectivity index (χ0) is 20.4. The van der Waals surface area contributed by atoms with Gasteiger partial charge in [-0.25, -0.2) is 0 Å². The van der Waals surface area contributed by atoms with Crippen molar-refractivity contribution >= 4 is 5.91 Å². The van der Waals surface area contributed by atoms with Crippen LogP contribution < -0.4 is 10.6 Å². The van der Waals surface area contributed by atoms with Crippen LogP contribution in [-0.2, 0) is 27.9 Å². The number of piperidine rings is 1. The molecule has 1 amide bonds. The third-order valence-electron chi connectivity index (χ3n) is 6.27. The van der Waals surface area contributed by atoms with Gasteiger partial charge in [-0.1, -0.05) is 0 Å². The fourth-order valence-corrected chi connectivity index (χ4v) is 4.55. The zero-order valence-corrected chi connectivity index (χ0v) is 17.3. The van der Waals surface area contributed by atoms with Gasteiger partial charge in [0.25, 0.3) is 0 Å². The van der Waals surface area contributed by atoms with E-state index in [0.717, 1.165) is 31.5 Å². The normalized spacial score (nSPS) is 33.1. The number of aliphatic hydroxyl groups is 1. The molecule has 0 bridgehead atoms. The maximum atomic E-state index is 12.2. The fourth-order valence-electron chi connectivity index (χ4n) is 4.55. The lowest BCUT2D eigenvalue weighted by molar-refractivity contribution is -0.124. The number of aromatic nitrogens is 2. The van der Waals surface area contributed by atoms with Gasteiger partial charge in [0.15, 0.2) is 0 Å². The summed E-state index contributed by atoms with van der Waals surface area (Å²) in [5, 5.41) is 21.2. The van der Waals surface area contributed by atoms with E-state index >= 15 is 0 Å². The van der Waals surface area contributed by atoms with E-state index in [2.05, 4.69) is 27.7 Å². The number of carbonyl (C=O) groups is 1. The Balaban J connectivity index is 1.17. The molecule has 0 spiro atoms. The minimum absolute atomic E-state index is 0.0613. The molecule has 1 aromatic rings. The van der Waals surface area contributed by atoms with E-state index in [9.17, 15) is 9.90 Å². The molecular weight excluding hydrogens is 374 g/mol. The molecule has 162 valence electrons. The monoisotopic (exact) mass is 407 g/mol. The number of ether oxygens (including phenoxy) is 2. The van der Waals surface area contributed by atoms with Gasteiger partial charge in [-0.3, -0.25) is 9.48 Å². The predicted molar refractivity (Wildman–Crippen MR) is 106 cm³/mol. The molecule has 3 fully saturated rings. The Morgan fingerprint density at radius 2 is 2.10 bits per heavy atom. The van der Waals surface area contributed by atoms with Crippen molar-refractivity contribution in [3.05, 3.63) is 18.0 Å². The van der Waals surface area contributed by atoms with Gasteiger partial charge in [0.2, 0.25) is 5.91 Å². The zero-order valence-electron chi connectivity index (χ0n) is 17.3. The van der Waals surface area contributed by atoms with Crippen molar-refractivity contribution in [2.24, 2.45) is 7.05 Å². The average molecular weight is 408 g/mol. The summed E-state index contributed by atoms with van der Waals surface area (Å²) >= 11 is 0. The number of fused-ring (bicyclic) bond motifs is 1. The molecule has 4 heterocycles. The first-order valence-corrected chi connectivity index (χ1v) is 10.6. The van der Waals surface area contributed by atoms with Crippen LogP contribution in [0.4, 0.5) is 0 Å². The minimum atomic E-state index is -0.651. The SMILES string of the molecule is CN1CCC(NC[C@H]2O[C@@H]3C[C@@H](CC(=O)NCc4cnn(C)c4)O[C@@H]3[C@@H]2O)CC1. The molecule has 0 radical (unpaired) electrons. The summed E-state index contributed by atoms with van der Waals surface area (Å²) in [5.41, 5.74) is 0.962. The van der Waals surface area contributed by atoms with E-state index in [1.165, 1.54) is 0 Å². The molecule has 0 unspecified atom stereocenters. The van der Waals surface area contributed by atoms with E-state index < -0.39 is 6.10 Å². The molecule has 9 heteroatoms. The lowest BCUT2D eigenvalue weighted by Crippen LogP contribution is -2.46. The molecule has 3 aliphatic rings. The van der Waals surface area contributed by atoms with Crippen LogP contribution in [0.5, 0.6) is 0 Å². The molecule has 0 aliphatic carbocycles. The van der Waals surface area contributed by atoms with Crippen LogP contribution in [-0.4, -0.2) is 88.9 Å². The Morgan fingerprint density at radius 1 is 1.31 bits per heavy atom. The highest BCUT2D eigenvalue weighted by atomic mass is 16.6. The smallest absolute Gasteiger partial charge is 0.222 e. The first kappa shape index (κ1) is 20.7. The summed E-state index contributed by atoms with van der Waals surface area (Å²) < 4.78 is 13.7. The second kappa shape index (κ2) is 9.09. The van der Waals surface area contributed by atoms with Gasteiger partial charge < -0.3 is 30.1 Å². The summed E-state index contributed by atoms with van der Waals surface area (Å²) in [4.78, 5) is 14.5. The number of nitrogens with zero attached hydrogens (tertiary/aromatic N) is 3. The Hall–Kier alpha value is -1.52. The summed E-state index contributed by atoms with van der Waals surface area (Å²) in [6, 6.07) is 0.486. The number of aryl methyl sites for hydroxylation is 1. The Bertz CT molecular complexity index is 690. The molecule has 1 aromatic heterocycles. The number of aliphatic hydroxyl groups excluding tert-OH is 1. The maximum absolute atomic E-state index is 12.2. The van der Waals surface area contributed by atoms with Crippen LogP contribution in [0.2, 0.25) is 0 Å². The first-order chi connectivity index (χ1) is 14.0. The van der Waals surface area contributed by atoms with Crippen molar-refractivity contribution < 1.29 is 19.4 Å². The van der Waals surface area contributed by atoms with Crippen molar-refractivity contribution in [2.45, 2.75) is 68.8 Å². The third kappa shape index (κ3) is 5.16. The summed E-state index contributed by atoms with van der Waals surface area (Å²) in [6.45, 7) is 3.30. The van der Waals surface area contributed by atoms with Gasteiger partial charge in [0, 0.05) is 44.4 Å². The molecule has 3 N–H and O–H groups in total. The van der Waals surface area contributed by atoms with Crippen molar-refractivity contribution in [3.63, 3.8) is 0 Å². The number of rotatable bonds is 7. The quantitative estimate of drug-likeness (QED) is 0.555. The number of carbonyl (C=O) groups excluding carboxylic acids is 1. The standard InChI is InChI=1S/C20H33N5O4/c1-24-5-3-14(4-6-24)21-11-17-19(27)20-16(29-17)7-15(28-20)8-18(26)22-9-13-10-23-25(2)12-13/h10,12,14-17,19-21,27H,3-9,11H2,1-2H3,(H,22,26)/t15-,16+,17+,19+,20-/m0/s1. The van der Waals surface area contributed by atoms with Gasteiger partial charge in [0.05, 0.1) is 30.9 Å². The van der Waals surface area contributed by atoms with Crippen LogP contribution in [0.1, 0.15) is 31.2 Å². The first-order valence-electron chi connectivity index (χ1n) is 10.6. The van der Waals surface area contributed by atoms with Crippen molar-refractivity contribution in [2.75, 3.05) is 26.7 Å². The van der Waals surface area contributed by atoms with E-state index in [-0.39, 0.29) is 36.7 Å². The summed E-state index contributed by atoms with van der Waals surface area (Å²) in [7, 11) is 3.99. The summed E-state index contributed by atoms with van der Waals surface area (Å²) in [6.07, 6.45) is 5.21. The molecule has 5 atom stereocenters. The van der Waals surface area contributed by atoms with E-state index in [1.807, 2.05) is 13.2 Å². The van der Waals surface area contributed by atoms with Crippen molar-refractivity contribution in [3.8, 4) is 0 Å². The average Bonchev–Trinajstić information content (AvgIpc) is 3.36. The Kier molecular flexibility index (Phi) is 6.50. The fraction of sp³-hybridized carbons (Fsp3) is 0.800. The molecule has 3 saturated heterocycles. The number of amides is 1. The summed E-state index contributed by atoms with van der Waals surface area (Å²) in [5.74, 6) is -0.0613. The van der Waals surface area contributed by atoms with Gasteiger partial charge in [0.1, 0.15) is 12.2 Å². The van der Waals surface area contributed by atoms with Gasteiger partial charge >= 0.3 is 0 Å². The molecule has 4 rings (SSSR count). The number of hydrogen-bond acceptors (Lipinski definition) is 7. The highest BCUT2D eigenvalue weighted by Gasteiger charge is 2.50. The lowest BCUT2D eigenvalue weighted by Gasteiger charge is -2.30. The largest absolute Gasteiger partial charge is 0.388 e. The van der Waals surface area contributed by atoms with Crippen molar-refractivity contribution in [1.29, 1.82) is 0 Å². The molecule has 0 aromatic carbocycles. The Morgan fingerprint density at radius 3 is 2.79 bits per heavy atom. The topological polar surface area (TPSA) is 101 Å². The van der Waals surface area contributed by atoms with Gasteiger partial charge in [-0.05, 0) is 33.0 Å². The minimum Gasteiger partial charge on any atom is -0.388 e. The van der Waals surface area contributed by atoms with Crippen LogP contribution >= 0.6 is 0 Å². The molecular formula is C20H33N5O4. The van der Waals surface area contributed by atoms with Gasteiger partial charge in [-0.2, -0.15) is 5.10 Å². The van der Waals surface area contributed by atoms with Crippen LogP contribution in [0, 0.1) is 0 Å². The maximum Gasteiger partial charge on any atom is 0.222 e.